The lowest BCUT2D eigenvalue weighted by Crippen LogP contribution is -2.29. The van der Waals surface area contributed by atoms with Crippen LogP contribution >= 0.6 is 11.3 Å². The van der Waals surface area contributed by atoms with Crippen molar-refractivity contribution in [2.24, 2.45) is 0 Å². The molecule has 0 aliphatic carbocycles. The summed E-state index contributed by atoms with van der Waals surface area (Å²) in [5.41, 5.74) is 0.539. The van der Waals surface area contributed by atoms with Crippen LogP contribution in [0.25, 0.3) is 0 Å². The van der Waals surface area contributed by atoms with Crippen molar-refractivity contribution in [1.29, 1.82) is 5.26 Å². The van der Waals surface area contributed by atoms with E-state index in [1.165, 1.54) is 11.3 Å². The molecule has 1 rings (SSSR count). The van der Waals surface area contributed by atoms with E-state index in [1.807, 2.05) is 5.38 Å². The Morgan fingerprint density at radius 3 is 2.63 bits per heavy atom. The first-order valence-corrected chi connectivity index (χ1v) is 7.59. The van der Waals surface area contributed by atoms with Gasteiger partial charge in [0.05, 0.1) is 5.56 Å². The highest BCUT2D eigenvalue weighted by Crippen LogP contribution is 2.22. The van der Waals surface area contributed by atoms with Gasteiger partial charge in [0, 0.05) is 13.0 Å². The van der Waals surface area contributed by atoms with Gasteiger partial charge in [-0.05, 0) is 37.4 Å². The molecule has 0 aromatic carbocycles. The van der Waals surface area contributed by atoms with Gasteiger partial charge < -0.3 is 10.2 Å². The normalized spacial score (nSPS) is 10.4. The highest BCUT2D eigenvalue weighted by atomic mass is 32.1. The number of hydrogen-bond donors (Lipinski definition) is 1. The zero-order valence-corrected chi connectivity index (χ0v) is 12.4. The van der Waals surface area contributed by atoms with E-state index in [2.05, 4.69) is 30.1 Å². The molecule has 0 spiro atoms. The number of amides is 1. The van der Waals surface area contributed by atoms with Gasteiger partial charge >= 0.3 is 0 Å². The first-order chi connectivity index (χ1) is 9.21. The van der Waals surface area contributed by atoms with Crippen molar-refractivity contribution >= 4 is 22.2 Å². The number of rotatable bonds is 8. The Balaban J connectivity index is 2.41. The average Bonchev–Trinajstić information content (AvgIpc) is 2.83. The number of carbonyl (C=O) groups excluding carboxylic acids is 1. The fraction of sp³-hybridized carbons (Fsp3) is 0.571. The summed E-state index contributed by atoms with van der Waals surface area (Å²) in [5, 5.41) is 14.2. The number of nitrogens with zero attached hydrogens (tertiary/aromatic N) is 2. The molecule has 0 unspecified atom stereocenters. The zero-order valence-electron chi connectivity index (χ0n) is 11.6. The Kier molecular flexibility index (Phi) is 7.16. The number of hydrogen-bond acceptors (Lipinski definition) is 4. The van der Waals surface area contributed by atoms with Crippen LogP contribution in [0.3, 0.4) is 0 Å². The summed E-state index contributed by atoms with van der Waals surface area (Å²) in [5.74, 6) is -0.0174. The lowest BCUT2D eigenvalue weighted by Gasteiger charge is -2.20. The molecule has 0 saturated heterocycles. The van der Waals surface area contributed by atoms with E-state index in [4.69, 9.17) is 5.26 Å². The van der Waals surface area contributed by atoms with Crippen LogP contribution in [-0.2, 0) is 4.79 Å². The predicted octanol–water partition coefficient (Wildman–Crippen LogP) is 3.07. The van der Waals surface area contributed by atoms with Crippen LogP contribution in [0.5, 0.6) is 0 Å². The second-order valence-electron chi connectivity index (χ2n) is 4.42. The smallest absolute Gasteiger partial charge is 0.226 e. The molecule has 1 amide bonds. The molecule has 1 heterocycles. The number of thiophene rings is 1. The van der Waals surface area contributed by atoms with Crippen LogP contribution in [-0.4, -0.2) is 30.4 Å². The fourth-order valence-corrected chi connectivity index (χ4v) is 2.66. The Morgan fingerprint density at radius 1 is 1.37 bits per heavy atom. The highest BCUT2D eigenvalue weighted by molar-refractivity contribution is 7.14. The molecule has 0 atom stereocenters. The Bertz CT molecular complexity index is 430. The van der Waals surface area contributed by atoms with Crippen LogP contribution in [0.1, 0.15) is 38.7 Å². The van der Waals surface area contributed by atoms with Crippen molar-refractivity contribution in [3.05, 3.63) is 17.0 Å². The van der Waals surface area contributed by atoms with Crippen LogP contribution < -0.4 is 5.32 Å². The second kappa shape index (κ2) is 8.68. The summed E-state index contributed by atoms with van der Waals surface area (Å²) in [6.07, 6.45) is 2.68. The molecular weight excluding hydrogens is 258 g/mol. The van der Waals surface area contributed by atoms with Gasteiger partial charge in [0.15, 0.2) is 0 Å². The third-order valence-electron chi connectivity index (χ3n) is 2.77. The largest absolute Gasteiger partial charge is 0.317 e. The van der Waals surface area contributed by atoms with Crippen molar-refractivity contribution in [3.63, 3.8) is 0 Å². The minimum atomic E-state index is -0.0174. The number of anilines is 1. The lowest BCUT2D eigenvalue weighted by molar-refractivity contribution is -0.116. The van der Waals surface area contributed by atoms with Gasteiger partial charge in [0.25, 0.3) is 0 Å². The molecule has 5 heteroatoms. The monoisotopic (exact) mass is 279 g/mol. The standard InChI is InChI=1S/C14H21N3OS/c1-3-7-17(8-4-2)9-5-13(18)16-14-12(11-15)6-10-19-14/h6,10H,3-5,7-9H2,1-2H3,(H,16,18). The van der Waals surface area contributed by atoms with Gasteiger partial charge in [0.2, 0.25) is 5.91 Å². The summed E-state index contributed by atoms with van der Waals surface area (Å²) in [6, 6.07) is 3.79. The summed E-state index contributed by atoms with van der Waals surface area (Å²) in [4.78, 5) is 14.2. The summed E-state index contributed by atoms with van der Waals surface area (Å²) >= 11 is 1.39. The SMILES string of the molecule is CCCN(CCC)CCC(=O)Nc1sccc1C#N. The van der Waals surface area contributed by atoms with Crippen LogP contribution in [0, 0.1) is 11.3 Å². The predicted molar refractivity (Wildman–Crippen MR) is 79.3 cm³/mol. The molecule has 104 valence electrons. The van der Waals surface area contributed by atoms with Gasteiger partial charge in [-0.25, -0.2) is 0 Å². The van der Waals surface area contributed by atoms with Gasteiger partial charge in [-0.15, -0.1) is 11.3 Å². The fourth-order valence-electron chi connectivity index (χ4n) is 1.91. The summed E-state index contributed by atoms with van der Waals surface area (Å²) < 4.78 is 0. The Hall–Kier alpha value is -1.38. The van der Waals surface area contributed by atoms with E-state index in [-0.39, 0.29) is 5.91 Å². The minimum absolute atomic E-state index is 0.0174. The van der Waals surface area contributed by atoms with E-state index in [0.717, 1.165) is 32.5 Å². The average molecular weight is 279 g/mol. The number of nitrogens with one attached hydrogen (secondary N) is 1. The van der Waals surface area contributed by atoms with Gasteiger partial charge in [-0.1, -0.05) is 13.8 Å². The van der Waals surface area contributed by atoms with Crippen LogP contribution in [0.15, 0.2) is 11.4 Å². The molecule has 0 aliphatic heterocycles. The number of nitriles is 1. The molecule has 0 radical (unpaired) electrons. The first-order valence-electron chi connectivity index (χ1n) is 6.71. The summed E-state index contributed by atoms with van der Waals surface area (Å²) in [6.45, 7) is 7.13. The van der Waals surface area contributed by atoms with E-state index < -0.39 is 0 Å². The molecule has 0 saturated carbocycles. The molecule has 0 fully saturated rings. The maximum Gasteiger partial charge on any atom is 0.226 e. The molecule has 1 N–H and O–H groups in total. The van der Waals surface area contributed by atoms with Gasteiger partial charge in [-0.3, -0.25) is 4.79 Å². The maximum atomic E-state index is 11.9. The molecule has 1 aromatic rings. The van der Waals surface area contributed by atoms with Crippen molar-refractivity contribution < 1.29 is 4.79 Å². The Labute approximate surface area is 119 Å². The highest BCUT2D eigenvalue weighted by Gasteiger charge is 2.10. The van der Waals surface area contributed by atoms with Crippen molar-refractivity contribution in [3.8, 4) is 6.07 Å². The first kappa shape index (κ1) is 15.7. The van der Waals surface area contributed by atoms with E-state index >= 15 is 0 Å². The lowest BCUT2D eigenvalue weighted by atomic mass is 10.3. The van der Waals surface area contributed by atoms with Crippen LogP contribution in [0.4, 0.5) is 5.00 Å². The third kappa shape index (κ3) is 5.41. The second-order valence-corrected chi connectivity index (χ2v) is 5.33. The zero-order chi connectivity index (χ0) is 14.1. The quantitative estimate of drug-likeness (QED) is 0.795. The van der Waals surface area contributed by atoms with Crippen LogP contribution in [0.2, 0.25) is 0 Å². The molecular formula is C14H21N3OS. The number of carbonyl (C=O) groups is 1. The van der Waals surface area contributed by atoms with Crippen molar-refractivity contribution in [2.45, 2.75) is 33.1 Å². The van der Waals surface area contributed by atoms with E-state index in [9.17, 15) is 4.79 Å². The topological polar surface area (TPSA) is 56.1 Å². The van der Waals surface area contributed by atoms with Crippen molar-refractivity contribution in [1.82, 2.24) is 4.90 Å². The van der Waals surface area contributed by atoms with Crippen molar-refractivity contribution in [2.75, 3.05) is 25.0 Å². The van der Waals surface area contributed by atoms with E-state index in [1.54, 1.807) is 6.07 Å². The minimum Gasteiger partial charge on any atom is -0.317 e. The molecule has 0 bridgehead atoms. The Morgan fingerprint density at radius 2 is 2.05 bits per heavy atom. The summed E-state index contributed by atoms with van der Waals surface area (Å²) in [7, 11) is 0. The third-order valence-corrected chi connectivity index (χ3v) is 3.60. The molecule has 19 heavy (non-hydrogen) atoms. The van der Waals surface area contributed by atoms with Gasteiger partial charge in [-0.2, -0.15) is 5.26 Å². The van der Waals surface area contributed by atoms with Gasteiger partial charge in [0.1, 0.15) is 11.1 Å². The van der Waals surface area contributed by atoms with E-state index in [0.29, 0.717) is 17.0 Å². The molecule has 1 aromatic heterocycles. The molecule has 4 nitrogen and oxygen atoms in total. The molecule has 0 aliphatic rings. The maximum absolute atomic E-state index is 11.9.